The van der Waals surface area contributed by atoms with Gasteiger partial charge in [0.05, 0.1) is 0 Å². The molecule has 0 fully saturated rings. The number of carbonyl (C=O) groups is 1. The quantitative estimate of drug-likeness (QED) is 0.744. The van der Waals surface area contributed by atoms with Crippen LogP contribution in [0.15, 0.2) is 60.9 Å². The Labute approximate surface area is 141 Å². The van der Waals surface area contributed by atoms with Crippen molar-refractivity contribution >= 4 is 22.4 Å². The van der Waals surface area contributed by atoms with Crippen molar-refractivity contribution in [3.8, 4) is 11.5 Å². The molecule has 4 rings (SSSR count). The van der Waals surface area contributed by atoms with Gasteiger partial charge in [-0.05, 0) is 23.6 Å². The second-order valence-corrected chi connectivity index (χ2v) is 5.62. The lowest BCUT2D eigenvalue weighted by Gasteiger charge is -2.05. The fourth-order valence-corrected chi connectivity index (χ4v) is 2.67. The number of anilines is 1. The molecule has 0 bridgehead atoms. The highest BCUT2D eigenvalue weighted by molar-refractivity contribution is 5.90. The number of nitrogens with one attached hydrogen (secondary N) is 1. The highest BCUT2D eigenvalue weighted by Crippen LogP contribution is 2.42. The third-order valence-corrected chi connectivity index (χ3v) is 3.76. The van der Waals surface area contributed by atoms with Gasteiger partial charge in [-0.25, -0.2) is 0 Å². The number of benzene rings is 2. The van der Waals surface area contributed by atoms with E-state index in [1.807, 2.05) is 42.7 Å². The Morgan fingerprint density at radius 1 is 1.04 bits per heavy atom. The molecule has 0 aliphatic carbocycles. The van der Waals surface area contributed by atoms with E-state index in [9.17, 15) is 13.6 Å². The first-order valence-electron chi connectivity index (χ1n) is 7.56. The summed E-state index contributed by atoms with van der Waals surface area (Å²) in [5, 5.41) is 4.75. The van der Waals surface area contributed by atoms with Crippen molar-refractivity contribution in [3.63, 3.8) is 0 Å². The van der Waals surface area contributed by atoms with Crippen LogP contribution in [0.4, 0.5) is 14.5 Å². The zero-order valence-corrected chi connectivity index (χ0v) is 12.9. The smallest absolute Gasteiger partial charge is 0.395 e. The van der Waals surface area contributed by atoms with Crippen molar-refractivity contribution in [2.45, 2.75) is 12.8 Å². The van der Waals surface area contributed by atoms with Crippen molar-refractivity contribution in [1.29, 1.82) is 0 Å². The van der Waals surface area contributed by atoms with Crippen LogP contribution < -0.4 is 19.4 Å². The maximum Gasteiger partial charge on any atom is 0.586 e. The number of carbonyl (C=O) groups excluding carboxylic acids is 1. The average molecular weight is 343 g/mol. The number of fused-ring (bicyclic) bond motifs is 2. The van der Waals surface area contributed by atoms with Gasteiger partial charge in [0.2, 0.25) is 6.54 Å². The molecule has 7 heteroatoms. The summed E-state index contributed by atoms with van der Waals surface area (Å²) in [6.45, 7) is 0.0927. The molecule has 126 valence electrons. The van der Waals surface area contributed by atoms with Gasteiger partial charge >= 0.3 is 6.29 Å². The topological polar surface area (TPSA) is 51.4 Å². The molecular weight excluding hydrogens is 330 g/mol. The zero-order chi connectivity index (χ0) is 17.4. The van der Waals surface area contributed by atoms with Crippen LogP contribution in [-0.2, 0) is 11.3 Å². The summed E-state index contributed by atoms with van der Waals surface area (Å²) in [7, 11) is 0. The maximum atomic E-state index is 13.0. The monoisotopic (exact) mass is 343 g/mol. The zero-order valence-electron chi connectivity index (χ0n) is 12.9. The first-order valence-corrected chi connectivity index (χ1v) is 7.56. The molecule has 2 heterocycles. The van der Waals surface area contributed by atoms with Crippen molar-refractivity contribution in [1.82, 2.24) is 0 Å². The molecule has 0 unspecified atom stereocenters. The Hall–Kier alpha value is -3.22. The van der Waals surface area contributed by atoms with E-state index in [2.05, 4.69) is 14.8 Å². The Kier molecular flexibility index (Phi) is 3.49. The van der Waals surface area contributed by atoms with Crippen molar-refractivity contribution in [2.24, 2.45) is 0 Å². The highest BCUT2D eigenvalue weighted by Gasteiger charge is 2.43. The molecule has 0 saturated heterocycles. The Morgan fingerprint density at radius 2 is 1.80 bits per heavy atom. The van der Waals surface area contributed by atoms with Crippen molar-refractivity contribution in [2.75, 3.05) is 5.32 Å². The van der Waals surface area contributed by atoms with E-state index in [0.29, 0.717) is 5.69 Å². The molecule has 25 heavy (non-hydrogen) atoms. The van der Waals surface area contributed by atoms with E-state index in [1.165, 1.54) is 18.2 Å². The number of aromatic nitrogens is 1. The molecule has 0 atom stereocenters. The van der Waals surface area contributed by atoms with Gasteiger partial charge < -0.3 is 14.8 Å². The number of halogens is 2. The fourth-order valence-electron chi connectivity index (χ4n) is 2.67. The summed E-state index contributed by atoms with van der Waals surface area (Å²) < 4.78 is 36.5. The number of nitrogens with zero attached hydrogens (tertiary/aromatic N) is 1. The third-order valence-electron chi connectivity index (χ3n) is 3.76. The molecule has 2 aromatic carbocycles. The number of hydrogen-bond donors (Lipinski definition) is 1. The molecule has 0 radical (unpaired) electrons. The summed E-state index contributed by atoms with van der Waals surface area (Å²) >= 11 is 0. The number of amides is 1. The van der Waals surface area contributed by atoms with Gasteiger partial charge in [0, 0.05) is 23.2 Å². The van der Waals surface area contributed by atoms with Gasteiger partial charge in [-0.15, -0.1) is 8.78 Å². The first kappa shape index (κ1) is 15.3. The van der Waals surface area contributed by atoms with Crippen LogP contribution in [0, 0.1) is 0 Å². The van der Waals surface area contributed by atoms with Gasteiger partial charge in [-0.1, -0.05) is 18.2 Å². The van der Waals surface area contributed by atoms with E-state index in [0.717, 1.165) is 10.8 Å². The van der Waals surface area contributed by atoms with Gasteiger partial charge in [-0.3, -0.25) is 4.79 Å². The van der Waals surface area contributed by atoms with Gasteiger partial charge in [0.15, 0.2) is 23.9 Å². The van der Waals surface area contributed by atoms with Crippen LogP contribution >= 0.6 is 0 Å². The second kappa shape index (κ2) is 5.70. The maximum absolute atomic E-state index is 13.0. The molecular formula is C18H13F2N2O3+. The van der Waals surface area contributed by atoms with Crippen molar-refractivity contribution in [3.05, 3.63) is 60.9 Å². The summed E-state index contributed by atoms with van der Waals surface area (Å²) in [5.41, 5.74) is 0.353. The minimum atomic E-state index is -3.67. The SMILES string of the molecule is O=C(C[n+]1ccc2ccccc2c1)Nc1ccc2c(c1)OC(F)(F)O2. The molecule has 1 aromatic heterocycles. The molecule has 0 spiro atoms. The molecule has 1 N–H and O–H groups in total. The number of hydrogen-bond acceptors (Lipinski definition) is 3. The Balaban J connectivity index is 1.47. The van der Waals surface area contributed by atoms with Crippen LogP contribution in [0.25, 0.3) is 10.8 Å². The highest BCUT2D eigenvalue weighted by atomic mass is 19.3. The minimum absolute atomic E-state index is 0.0631. The van der Waals surface area contributed by atoms with E-state index >= 15 is 0 Å². The molecule has 1 aliphatic heterocycles. The number of ether oxygens (including phenoxy) is 2. The van der Waals surface area contributed by atoms with Gasteiger partial charge in [0.25, 0.3) is 5.91 Å². The van der Waals surface area contributed by atoms with E-state index in [-0.39, 0.29) is 24.0 Å². The summed E-state index contributed by atoms with van der Waals surface area (Å²) in [5.74, 6) is -0.459. The predicted octanol–water partition coefficient (Wildman–Crippen LogP) is 3.09. The summed E-state index contributed by atoms with van der Waals surface area (Å²) in [6, 6.07) is 13.9. The Bertz CT molecular complexity index is 975. The lowest BCUT2D eigenvalue weighted by atomic mass is 10.2. The van der Waals surface area contributed by atoms with Crippen LogP contribution in [0.5, 0.6) is 11.5 Å². The minimum Gasteiger partial charge on any atom is -0.395 e. The largest absolute Gasteiger partial charge is 0.586 e. The van der Waals surface area contributed by atoms with Crippen molar-refractivity contribution < 1.29 is 27.6 Å². The number of rotatable bonds is 3. The van der Waals surface area contributed by atoms with Gasteiger partial charge in [-0.2, -0.15) is 4.57 Å². The van der Waals surface area contributed by atoms with E-state index in [4.69, 9.17) is 0 Å². The van der Waals surface area contributed by atoms with Crippen LogP contribution in [0.1, 0.15) is 0 Å². The van der Waals surface area contributed by atoms with Crippen LogP contribution in [-0.4, -0.2) is 12.2 Å². The molecule has 0 saturated carbocycles. The fraction of sp³-hybridized carbons (Fsp3) is 0.111. The molecule has 5 nitrogen and oxygen atoms in total. The Morgan fingerprint density at radius 3 is 2.64 bits per heavy atom. The summed E-state index contributed by atoms with van der Waals surface area (Å²) in [4.78, 5) is 12.2. The molecule has 1 amide bonds. The van der Waals surface area contributed by atoms with E-state index < -0.39 is 6.29 Å². The molecule has 3 aromatic rings. The standard InChI is InChI=1S/C18H12F2N2O3/c19-18(20)24-15-6-5-14(9-16(15)25-18)21-17(23)11-22-8-7-12-3-1-2-4-13(12)10-22/h1-10H,11H2/p+1. The number of alkyl halides is 2. The van der Waals surface area contributed by atoms with Crippen LogP contribution in [0.2, 0.25) is 0 Å². The average Bonchev–Trinajstić information content (AvgIpc) is 2.87. The van der Waals surface area contributed by atoms with E-state index in [1.54, 1.807) is 4.57 Å². The first-order chi connectivity index (χ1) is 12.0. The normalized spacial score (nSPS) is 14.5. The number of pyridine rings is 1. The predicted molar refractivity (Wildman–Crippen MR) is 85.4 cm³/mol. The second-order valence-electron chi connectivity index (χ2n) is 5.62. The van der Waals surface area contributed by atoms with Gasteiger partial charge in [0.1, 0.15) is 0 Å². The lowest BCUT2D eigenvalue weighted by Crippen LogP contribution is -2.39. The molecule has 1 aliphatic rings. The summed E-state index contributed by atoms with van der Waals surface area (Å²) in [6.07, 6.45) is 0.00311. The third kappa shape index (κ3) is 3.21. The van der Waals surface area contributed by atoms with Crippen LogP contribution in [0.3, 0.4) is 0 Å². The lowest BCUT2D eigenvalue weighted by molar-refractivity contribution is -0.682.